The van der Waals surface area contributed by atoms with Crippen molar-refractivity contribution in [3.63, 3.8) is 0 Å². The van der Waals surface area contributed by atoms with Crippen LogP contribution in [0.1, 0.15) is 16.1 Å². The van der Waals surface area contributed by atoms with Crippen LogP contribution in [-0.4, -0.2) is 25.6 Å². The first-order valence-electron chi connectivity index (χ1n) is 8.40. The molecule has 0 radical (unpaired) electrons. The number of carbonyl (C=O) groups is 1. The van der Waals surface area contributed by atoms with E-state index in [1.807, 2.05) is 17.5 Å². The van der Waals surface area contributed by atoms with Gasteiger partial charge in [-0.1, -0.05) is 18.2 Å². The summed E-state index contributed by atoms with van der Waals surface area (Å²) in [5.41, 5.74) is 2.38. The normalized spacial score (nSPS) is 11.6. The van der Waals surface area contributed by atoms with Gasteiger partial charge in [-0.05, 0) is 30.3 Å². The number of hydrogen-bond acceptors (Lipinski definition) is 6. The first kappa shape index (κ1) is 18.4. The number of sulfone groups is 1. The lowest BCUT2D eigenvalue weighted by molar-refractivity contribution is 0.0998. The lowest BCUT2D eigenvalue weighted by atomic mass is 10.1. The molecule has 4 rings (SSSR count). The average Bonchev–Trinajstić information content (AvgIpc) is 3.30. The topological polar surface area (TPSA) is 89.3 Å². The van der Waals surface area contributed by atoms with Crippen molar-refractivity contribution in [3.8, 4) is 10.6 Å². The Morgan fingerprint density at radius 2 is 1.89 bits per heavy atom. The maximum atomic E-state index is 12.8. The molecule has 0 aliphatic heterocycles. The van der Waals surface area contributed by atoms with E-state index < -0.39 is 15.7 Å². The largest absolute Gasteiger partial charge is 0.451 e. The van der Waals surface area contributed by atoms with Crippen molar-refractivity contribution < 1.29 is 17.6 Å². The van der Waals surface area contributed by atoms with E-state index in [-0.39, 0.29) is 11.5 Å². The molecule has 6 nitrogen and oxygen atoms in total. The van der Waals surface area contributed by atoms with Crippen molar-refractivity contribution in [2.45, 2.75) is 5.75 Å². The number of carbonyl (C=O) groups excluding carboxylic acids is 1. The summed E-state index contributed by atoms with van der Waals surface area (Å²) in [4.78, 5) is 17.0. The molecule has 0 aliphatic rings. The summed E-state index contributed by atoms with van der Waals surface area (Å²) >= 11 is 1.53. The maximum absolute atomic E-state index is 12.8. The van der Waals surface area contributed by atoms with Crippen molar-refractivity contribution in [2.24, 2.45) is 0 Å². The van der Waals surface area contributed by atoms with Crippen molar-refractivity contribution in [3.05, 3.63) is 71.4 Å². The molecule has 0 atom stereocenters. The van der Waals surface area contributed by atoms with Crippen LogP contribution >= 0.6 is 11.3 Å². The summed E-state index contributed by atoms with van der Waals surface area (Å²) < 4.78 is 29.4. The van der Waals surface area contributed by atoms with E-state index >= 15 is 0 Å². The zero-order valence-electron chi connectivity index (χ0n) is 14.9. The number of aromatic nitrogens is 1. The predicted octanol–water partition coefficient (Wildman–Crippen LogP) is 4.35. The van der Waals surface area contributed by atoms with Crippen molar-refractivity contribution >= 4 is 43.7 Å². The van der Waals surface area contributed by atoms with E-state index in [9.17, 15) is 13.2 Å². The molecule has 0 unspecified atom stereocenters. The van der Waals surface area contributed by atoms with Crippen LogP contribution in [0.4, 0.5) is 5.69 Å². The Hall–Kier alpha value is -2.97. The summed E-state index contributed by atoms with van der Waals surface area (Å²) in [6.07, 6.45) is 2.87. The van der Waals surface area contributed by atoms with Crippen LogP contribution in [0.5, 0.6) is 0 Å². The highest BCUT2D eigenvalue weighted by Gasteiger charge is 2.23. The molecule has 0 spiro atoms. The fourth-order valence-corrected chi connectivity index (χ4v) is 4.39. The van der Waals surface area contributed by atoms with Gasteiger partial charge in [-0.3, -0.25) is 4.79 Å². The van der Waals surface area contributed by atoms with Gasteiger partial charge >= 0.3 is 0 Å². The molecule has 28 heavy (non-hydrogen) atoms. The molecule has 142 valence electrons. The van der Waals surface area contributed by atoms with Gasteiger partial charge in [0.2, 0.25) is 0 Å². The van der Waals surface area contributed by atoms with Gasteiger partial charge in [-0.2, -0.15) is 0 Å². The molecule has 0 bridgehead atoms. The van der Waals surface area contributed by atoms with E-state index in [0.29, 0.717) is 22.2 Å². The molecular formula is C20H16N2O4S2. The Morgan fingerprint density at radius 3 is 2.57 bits per heavy atom. The number of nitrogens with zero attached hydrogens (tertiary/aromatic N) is 1. The van der Waals surface area contributed by atoms with Crippen LogP contribution in [0.2, 0.25) is 0 Å². The van der Waals surface area contributed by atoms with Gasteiger partial charge in [-0.25, -0.2) is 13.4 Å². The second kappa shape index (κ2) is 7.21. The quantitative estimate of drug-likeness (QED) is 0.526. The summed E-state index contributed by atoms with van der Waals surface area (Å²) in [6.45, 7) is 0. The Bertz CT molecular complexity index is 1240. The molecule has 0 saturated heterocycles. The molecule has 4 aromatic rings. The molecule has 2 aromatic heterocycles. The predicted molar refractivity (Wildman–Crippen MR) is 110 cm³/mol. The molecule has 0 fully saturated rings. The second-order valence-corrected chi connectivity index (χ2v) is 9.38. The van der Waals surface area contributed by atoms with E-state index in [1.54, 1.807) is 42.6 Å². The number of para-hydroxylation sites is 1. The minimum atomic E-state index is -3.34. The van der Waals surface area contributed by atoms with Gasteiger partial charge in [0, 0.05) is 40.0 Å². The van der Waals surface area contributed by atoms with Crippen LogP contribution < -0.4 is 5.32 Å². The van der Waals surface area contributed by atoms with Crippen LogP contribution in [0.25, 0.3) is 21.5 Å². The van der Waals surface area contributed by atoms with E-state index in [2.05, 4.69) is 10.3 Å². The van der Waals surface area contributed by atoms with Crippen LogP contribution in [0.15, 0.2) is 64.5 Å². The number of rotatable bonds is 5. The number of anilines is 1. The van der Waals surface area contributed by atoms with Crippen molar-refractivity contribution in [1.82, 2.24) is 4.98 Å². The molecular weight excluding hydrogens is 396 g/mol. The Morgan fingerprint density at radius 1 is 1.14 bits per heavy atom. The number of benzene rings is 2. The maximum Gasteiger partial charge on any atom is 0.291 e. The smallest absolute Gasteiger partial charge is 0.291 e. The van der Waals surface area contributed by atoms with Gasteiger partial charge in [0.15, 0.2) is 15.6 Å². The summed E-state index contributed by atoms with van der Waals surface area (Å²) in [5, 5.41) is 6.19. The van der Waals surface area contributed by atoms with Crippen LogP contribution in [0, 0.1) is 0 Å². The zero-order valence-corrected chi connectivity index (χ0v) is 16.5. The Labute approximate surface area is 165 Å². The third-order valence-electron chi connectivity index (χ3n) is 4.13. The highest BCUT2D eigenvalue weighted by atomic mass is 32.2. The van der Waals surface area contributed by atoms with E-state index in [0.717, 1.165) is 16.8 Å². The van der Waals surface area contributed by atoms with Crippen molar-refractivity contribution in [1.29, 1.82) is 0 Å². The van der Waals surface area contributed by atoms with Gasteiger partial charge < -0.3 is 9.73 Å². The minimum Gasteiger partial charge on any atom is -0.451 e. The molecule has 2 heterocycles. The van der Waals surface area contributed by atoms with E-state index in [1.165, 1.54) is 11.3 Å². The minimum absolute atomic E-state index is 0.00984. The third-order valence-corrected chi connectivity index (χ3v) is 5.77. The fourth-order valence-electron chi connectivity index (χ4n) is 2.94. The Balaban J connectivity index is 1.64. The lowest BCUT2D eigenvalue weighted by Gasteiger charge is -2.06. The molecule has 8 heteroatoms. The standard InChI is InChI=1S/C20H16N2O4S2/c1-28(24,25)12-16-15-4-2-3-5-17(15)26-18(16)19(23)22-14-8-6-13(7-9-14)20-21-10-11-27-20/h2-11H,12H2,1H3,(H,22,23). The van der Waals surface area contributed by atoms with Crippen LogP contribution in [0.3, 0.4) is 0 Å². The second-order valence-electron chi connectivity index (χ2n) is 6.34. The first-order valence-corrected chi connectivity index (χ1v) is 11.3. The number of amides is 1. The molecule has 2 aromatic carbocycles. The molecule has 0 aliphatic carbocycles. The first-order chi connectivity index (χ1) is 13.4. The number of furan rings is 1. The highest BCUT2D eigenvalue weighted by Crippen LogP contribution is 2.29. The lowest BCUT2D eigenvalue weighted by Crippen LogP contribution is -2.14. The van der Waals surface area contributed by atoms with Crippen molar-refractivity contribution in [2.75, 3.05) is 11.6 Å². The molecule has 0 saturated carbocycles. The highest BCUT2D eigenvalue weighted by molar-refractivity contribution is 7.89. The number of hydrogen-bond donors (Lipinski definition) is 1. The van der Waals surface area contributed by atoms with Gasteiger partial charge in [0.1, 0.15) is 10.6 Å². The average molecular weight is 412 g/mol. The third kappa shape index (κ3) is 3.83. The monoisotopic (exact) mass is 412 g/mol. The van der Waals surface area contributed by atoms with E-state index in [4.69, 9.17) is 4.42 Å². The van der Waals surface area contributed by atoms with Gasteiger partial charge in [0.25, 0.3) is 5.91 Å². The molecule has 1 amide bonds. The number of thiazole rings is 1. The SMILES string of the molecule is CS(=O)(=O)Cc1c(C(=O)Nc2ccc(-c3nccs3)cc2)oc2ccccc12. The van der Waals surface area contributed by atoms with Gasteiger partial charge in [0.05, 0.1) is 5.75 Å². The summed E-state index contributed by atoms with van der Waals surface area (Å²) in [6, 6.07) is 14.3. The molecule has 1 N–H and O–H groups in total. The summed E-state index contributed by atoms with van der Waals surface area (Å²) in [7, 11) is -3.34. The zero-order chi connectivity index (χ0) is 19.7. The number of nitrogens with one attached hydrogen (secondary N) is 1. The fraction of sp³-hybridized carbons (Fsp3) is 0.100. The Kier molecular flexibility index (Phi) is 4.74. The van der Waals surface area contributed by atoms with Crippen LogP contribution in [-0.2, 0) is 15.6 Å². The number of fused-ring (bicyclic) bond motifs is 1. The summed E-state index contributed by atoms with van der Waals surface area (Å²) in [5.74, 6) is -0.747. The van der Waals surface area contributed by atoms with Gasteiger partial charge in [-0.15, -0.1) is 11.3 Å².